The number of thioether (sulfide) groups is 1. The van der Waals surface area contributed by atoms with E-state index in [-0.39, 0.29) is 10.7 Å². The third-order valence-corrected chi connectivity index (χ3v) is 5.91. The van der Waals surface area contributed by atoms with Crippen molar-refractivity contribution in [2.45, 2.75) is 6.92 Å². The molecule has 4 rings (SSSR count). The molecule has 0 aromatic heterocycles. The number of hydrogen-bond acceptors (Lipinski definition) is 6. The number of halogens is 1. The zero-order chi connectivity index (χ0) is 23.5. The van der Waals surface area contributed by atoms with Gasteiger partial charge in [0.05, 0.1) is 23.3 Å². The Morgan fingerprint density at radius 3 is 2.52 bits per heavy atom. The fraction of sp³-hybridized carbons (Fsp3) is 0.0800. The van der Waals surface area contributed by atoms with Gasteiger partial charge in [0.2, 0.25) is 0 Å². The second-order valence-electron chi connectivity index (χ2n) is 7.17. The molecule has 1 heterocycles. The zero-order valence-electron chi connectivity index (χ0n) is 17.7. The molecule has 1 aliphatic rings. The predicted octanol–water partition coefficient (Wildman–Crippen LogP) is 6.12. The van der Waals surface area contributed by atoms with Gasteiger partial charge in [0.25, 0.3) is 11.1 Å². The first-order valence-corrected chi connectivity index (χ1v) is 11.1. The summed E-state index contributed by atoms with van der Waals surface area (Å²) in [6.45, 7) is 1.89. The molecule has 6 nitrogen and oxygen atoms in total. The van der Waals surface area contributed by atoms with Crippen molar-refractivity contribution in [3.63, 3.8) is 0 Å². The number of anilines is 1. The topological polar surface area (TPSA) is 72.9 Å². The molecule has 0 spiro atoms. The van der Waals surface area contributed by atoms with Gasteiger partial charge in [0.15, 0.2) is 11.5 Å². The SMILES string of the molecule is COc1cc(/C=C2\SC(=O)N(c3cccc(Cl)c3)C2=O)ccc1OC(=O)c1cccc(C)c1. The molecule has 0 aliphatic carbocycles. The molecule has 0 unspecified atom stereocenters. The lowest BCUT2D eigenvalue weighted by molar-refractivity contribution is -0.113. The normalized spacial score (nSPS) is 14.6. The van der Waals surface area contributed by atoms with E-state index in [9.17, 15) is 14.4 Å². The zero-order valence-corrected chi connectivity index (χ0v) is 19.3. The molecular formula is C25H18ClNO5S. The lowest BCUT2D eigenvalue weighted by atomic mass is 10.1. The van der Waals surface area contributed by atoms with Crippen molar-refractivity contribution in [2.75, 3.05) is 12.0 Å². The van der Waals surface area contributed by atoms with Gasteiger partial charge in [-0.1, -0.05) is 41.4 Å². The summed E-state index contributed by atoms with van der Waals surface area (Å²) in [5.74, 6) is -0.388. The van der Waals surface area contributed by atoms with Gasteiger partial charge in [0, 0.05) is 5.02 Å². The second kappa shape index (κ2) is 9.52. The van der Waals surface area contributed by atoms with E-state index in [0.717, 1.165) is 22.2 Å². The minimum absolute atomic E-state index is 0.244. The van der Waals surface area contributed by atoms with Crippen molar-refractivity contribution in [3.8, 4) is 11.5 Å². The molecule has 3 aromatic rings. The van der Waals surface area contributed by atoms with Crippen molar-refractivity contribution < 1.29 is 23.9 Å². The van der Waals surface area contributed by atoms with Gasteiger partial charge in [0.1, 0.15) is 0 Å². The van der Waals surface area contributed by atoms with Crippen LogP contribution in [0.1, 0.15) is 21.5 Å². The average molecular weight is 480 g/mol. The van der Waals surface area contributed by atoms with Crippen LogP contribution in [0.5, 0.6) is 11.5 Å². The number of hydrogen-bond donors (Lipinski definition) is 0. The molecule has 0 N–H and O–H groups in total. The molecule has 2 amide bonds. The first-order valence-electron chi connectivity index (χ1n) is 9.86. The van der Waals surface area contributed by atoms with Gasteiger partial charge < -0.3 is 9.47 Å². The predicted molar refractivity (Wildman–Crippen MR) is 129 cm³/mol. The maximum absolute atomic E-state index is 12.9. The van der Waals surface area contributed by atoms with Crippen LogP contribution >= 0.6 is 23.4 Å². The molecule has 8 heteroatoms. The fourth-order valence-electron chi connectivity index (χ4n) is 3.25. The molecule has 0 radical (unpaired) electrons. The van der Waals surface area contributed by atoms with Crippen molar-refractivity contribution in [2.24, 2.45) is 0 Å². The van der Waals surface area contributed by atoms with Crippen molar-refractivity contribution in [1.82, 2.24) is 0 Å². The first-order chi connectivity index (χ1) is 15.9. The van der Waals surface area contributed by atoms with Gasteiger partial charge in [-0.05, 0) is 72.8 Å². The molecule has 0 atom stereocenters. The number of rotatable bonds is 5. The molecule has 0 saturated carbocycles. The fourth-order valence-corrected chi connectivity index (χ4v) is 4.27. The number of methoxy groups -OCH3 is 1. The number of carbonyl (C=O) groups excluding carboxylic acids is 3. The van der Waals surface area contributed by atoms with E-state index in [4.69, 9.17) is 21.1 Å². The van der Waals surface area contributed by atoms with Crippen LogP contribution in [-0.2, 0) is 4.79 Å². The van der Waals surface area contributed by atoms with Crippen LogP contribution in [0.2, 0.25) is 5.02 Å². The standard InChI is InChI=1S/C25H18ClNO5S/c1-15-5-3-6-17(11-15)24(29)32-20-10-9-16(12-21(20)31-2)13-22-23(28)27(25(30)33-22)19-8-4-7-18(26)14-19/h3-14H,1-2H3/b22-13-. The van der Waals surface area contributed by atoms with Crippen LogP contribution in [0.4, 0.5) is 10.5 Å². The van der Waals surface area contributed by atoms with E-state index in [0.29, 0.717) is 27.6 Å². The minimum atomic E-state index is -0.507. The Labute approximate surface area is 199 Å². The smallest absolute Gasteiger partial charge is 0.343 e. The van der Waals surface area contributed by atoms with Crippen molar-refractivity contribution in [1.29, 1.82) is 0 Å². The summed E-state index contributed by atoms with van der Waals surface area (Å²) in [5, 5.41) is 0.0141. The highest BCUT2D eigenvalue weighted by atomic mass is 35.5. The first kappa shape index (κ1) is 22.6. The maximum atomic E-state index is 12.9. The quantitative estimate of drug-likeness (QED) is 0.249. The van der Waals surface area contributed by atoms with E-state index in [2.05, 4.69) is 0 Å². The molecule has 3 aromatic carbocycles. The van der Waals surface area contributed by atoms with Crippen LogP contribution in [0.15, 0.2) is 71.6 Å². The number of benzene rings is 3. The van der Waals surface area contributed by atoms with Crippen LogP contribution in [0.3, 0.4) is 0 Å². The van der Waals surface area contributed by atoms with Crippen molar-refractivity contribution in [3.05, 3.63) is 93.3 Å². The number of ether oxygens (including phenoxy) is 2. The Balaban J connectivity index is 1.57. The van der Waals surface area contributed by atoms with Crippen LogP contribution in [0.25, 0.3) is 6.08 Å². The summed E-state index contributed by atoms with van der Waals surface area (Å²) in [4.78, 5) is 39.1. The monoisotopic (exact) mass is 479 g/mol. The second-order valence-corrected chi connectivity index (χ2v) is 8.60. The van der Waals surface area contributed by atoms with Gasteiger partial charge in [-0.25, -0.2) is 9.69 Å². The number of nitrogens with zero attached hydrogens (tertiary/aromatic N) is 1. The molecule has 0 bridgehead atoms. The molecule has 1 aliphatic heterocycles. The van der Waals surface area contributed by atoms with Gasteiger partial charge in [-0.15, -0.1) is 0 Å². The molecule has 33 heavy (non-hydrogen) atoms. The highest BCUT2D eigenvalue weighted by Gasteiger charge is 2.36. The van der Waals surface area contributed by atoms with E-state index in [1.807, 2.05) is 13.0 Å². The Bertz CT molecular complexity index is 1300. The number of esters is 1. The highest BCUT2D eigenvalue weighted by Crippen LogP contribution is 2.37. The Morgan fingerprint density at radius 1 is 1.00 bits per heavy atom. The molecule has 166 valence electrons. The largest absolute Gasteiger partial charge is 0.493 e. The lowest BCUT2D eigenvalue weighted by Gasteiger charge is -2.12. The number of amides is 2. The Kier molecular flexibility index (Phi) is 6.53. The number of carbonyl (C=O) groups is 3. The molecule has 1 saturated heterocycles. The third-order valence-electron chi connectivity index (χ3n) is 4.80. The van der Waals surface area contributed by atoms with E-state index in [1.54, 1.807) is 66.7 Å². The van der Waals surface area contributed by atoms with Crippen molar-refractivity contribution >= 4 is 52.2 Å². The van der Waals surface area contributed by atoms with Gasteiger partial charge in [-0.3, -0.25) is 9.59 Å². The highest BCUT2D eigenvalue weighted by molar-refractivity contribution is 8.19. The lowest BCUT2D eigenvalue weighted by Crippen LogP contribution is -2.27. The number of imide groups is 1. The summed E-state index contributed by atoms with van der Waals surface area (Å²) in [5.41, 5.74) is 2.39. The summed E-state index contributed by atoms with van der Waals surface area (Å²) in [6, 6.07) is 18.5. The van der Waals surface area contributed by atoms with E-state index < -0.39 is 17.1 Å². The summed E-state index contributed by atoms with van der Waals surface area (Å²) in [6.07, 6.45) is 1.59. The maximum Gasteiger partial charge on any atom is 0.343 e. The van der Waals surface area contributed by atoms with Crippen LogP contribution < -0.4 is 14.4 Å². The minimum Gasteiger partial charge on any atom is -0.493 e. The summed E-state index contributed by atoms with van der Waals surface area (Å²) >= 11 is 6.83. The van der Waals surface area contributed by atoms with Gasteiger partial charge in [-0.2, -0.15) is 0 Å². The van der Waals surface area contributed by atoms with Gasteiger partial charge >= 0.3 is 5.97 Å². The summed E-state index contributed by atoms with van der Waals surface area (Å²) < 4.78 is 10.9. The average Bonchev–Trinajstić information content (AvgIpc) is 3.07. The van der Waals surface area contributed by atoms with Crippen LogP contribution in [0, 0.1) is 6.92 Å². The number of aryl methyl sites for hydroxylation is 1. The Hall–Kier alpha value is -3.55. The summed E-state index contributed by atoms with van der Waals surface area (Å²) in [7, 11) is 1.45. The molecular weight excluding hydrogens is 462 g/mol. The van der Waals surface area contributed by atoms with E-state index >= 15 is 0 Å². The van der Waals surface area contributed by atoms with Crippen LogP contribution in [-0.4, -0.2) is 24.2 Å². The van der Waals surface area contributed by atoms with E-state index in [1.165, 1.54) is 7.11 Å². The third kappa shape index (κ3) is 4.94. The Morgan fingerprint density at radius 2 is 1.79 bits per heavy atom. The molecule has 1 fully saturated rings.